The third kappa shape index (κ3) is 4.94. The molecule has 19 heavy (non-hydrogen) atoms. The highest BCUT2D eigenvalue weighted by atomic mass is 32.2. The lowest BCUT2D eigenvalue weighted by Crippen LogP contribution is -2.22. The van der Waals surface area contributed by atoms with Crippen LogP contribution in [0.15, 0.2) is 23.1 Å². The van der Waals surface area contributed by atoms with Gasteiger partial charge in [0.25, 0.3) is 11.8 Å². The average Bonchev–Trinajstić information content (AvgIpc) is 2.33. The van der Waals surface area contributed by atoms with Crippen LogP contribution in [-0.2, 0) is 20.7 Å². The van der Waals surface area contributed by atoms with Gasteiger partial charge in [0.15, 0.2) is 35.8 Å². The minimum Gasteiger partial charge on any atom is -0.480 e. The fourth-order valence-electron chi connectivity index (χ4n) is 1.13. The number of hydrogen-bond acceptors (Lipinski definition) is 5. The molecular weight excluding hydrogens is 276 g/mol. The molecule has 0 saturated carbocycles. The first-order chi connectivity index (χ1) is 8.90. The van der Waals surface area contributed by atoms with Crippen molar-refractivity contribution in [3.8, 4) is 11.5 Å². The van der Waals surface area contributed by atoms with Crippen molar-refractivity contribution in [2.24, 2.45) is 11.5 Å². The molecule has 104 valence electrons. The summed E-state index contributed by atoms with van der Waals surface area (Å²) in [6, 6.07) is 3.83. The fourth-order valence-corrected chi connectivity index (χ4v) is 1.52. The van der Waals surface area contributed by atoms with E-state index < -0.39 is 36.1 Å². The summed E-state index contributed by atoms with van der Waals surface area (Å²) in [5.74, 6) is -1.30. The number of rotatable bonds is 7. The second-order valence-electron chi connectivity index (χ2n) is 3.37. The molecule has 0 saturated heterocycles. The van der Waals surface area contributed by atoms with Crippen molar-refractivity contribution >= 4 is 22.9 Å². The zero-order valence-electron chi connectivity index (χ0n) is 9.70. The minimum atomic E-state index is -2.22. The third-order valence-electron chi connectivity index (χ3n) is 1.86. The van der Waals surface area contributed by atoms with Gasteiger partial charge in [0.2, 0.25) is 0 Å². The molecule has 1 atom stereocenters. The van der Waals surface area contributed by atoms with Gasteiger partial charge in [0, 0.05) is 6.07 Å². The Morgan fingerprint density at radius 3 is 2.11 bits per heavy atom. The second kappa shape index (κ2) is 6.71. The molecule has 0 radical (unpaired) electrons. The van der Waals surface area contributed by atoms with Crippen LogP contribution in [0.3, 0.4) is 0 Å². The van der Waals surface area contributed by atoms with Crippen LogP contribution in [-0.4, -0.2) is 33.8 Å². The molecule has 1 unspecified atom stereocenters. The Labute approximate surface area is 110 Å². The summed E-state index contributed by atoms with van der Waals surface area (Å²) >= 11 is -2.22. The summed E-state index contributed by atoms with van der Waals surface area (Å²) in [5, 5.41) is 0. The second-order valence-corrected chi connectivity index (χ2v) is 4.34. The zero-order valence-corrected chi connectivity index (χ0v) is 10.5. The Kier molecular flexibility index (Phi) is 5.27. The molecule has 0 aromatic heterocycles. The Hall–Kier alpha value is -2.13. The number of benzene rings is 1. The maximum atomic E-state index is 10.9. The number of amides is 2. The Morgan fingerprint density at radius 1 is 1.11 bits per heavy atom. The van der Waals surface area contributed by atoms with E-state index in [9.17, 15) is 13.8 Å². The van der Waals surface area contributed by atoms with Crippen molar-refractivity contribution in [1.29, 1.82) is 0 Å². The van der Waals surface area contributed by atoms with Crippen molar-refractivity contribution < 1.29 is 27.8 Å². The van der Waals surface area contributed by atoms with E-state index in [1.54, 1.807) is 0 Å². The standard InChI is InChI=1S/C10H12N2O6S/c11-9(13)4-17-7-2-1-6(19(15)16)3-8(7)18-5-10(12)14/h1-3H,4-5H2,(H2,11,13)(H2,12,14)(H,15,16). The third-order valence-corrected chi connectivity index (χ3v) is 2.51. The van der Waals surface area contributed by atoms with Crippen molar-refractivity contribution in [1.82, 2.24) is 0 Å². The van der Waals surface area contributed by atoms with Gasteiger partial charge in [0.05, 0.1) is 4.90 Å². The van der Waals surface area contributed by atoms with Crippen molar-refractivity contribution in [2.45, 2.75) is 4.90 Å². The first kappa shape index (κ1) is 14.9. The summed E-state index contributed by atoms with van der Waals surface area (Å²) in [7, 11) is 0. The van der Waals surface area contributed by atoms with E-state index in [0.717, 1.165) is 0 Å². The molecule has 0 aliphatic carbocycles. The molecule has 2 amide bonds. The fraction of sp³-hybridized carbons (Fsp3) is 0.200. The first-order valence-electron chi connectivity index (χ1n) is 4.97. The molecule has 0 spiro atoms. The van der Waals surface area contributed by atoms with Gasteiger partial charge in [-0.3, -0.25) is 9.59 Å². The smallest absolute Gasteiger partial charge is 0.255 e. The predicted molar refractivity (Wildman–Crippen MR) is 64.9 cm³/mol. The van der Waals surface area contributed by atoms with Crippen LogP contribution in [0.2, 0.25) is 0 Å². The van der Waals surface area contributed by atoms with Crippen LogP contribution in [0.1, 0.15) is 0 Å². The molecule has 0 aliphatic heterocycles. The number of hydrogen-bond donors (Lipinski definition) is 3. The highest BCUT2D eigenvalue weighted by Crippen LogP contribution is 2.29. The molecular formula is C10H12N2O6S. The summed E-state index contributed by atoms with van der Waals surface area (Å²) < 4.78 is 29.9. The van der Waals surface area contributed by atoms with E-state index in [4.69, 9.17) is 25.5 Å². The number of carbonyl (C=O) groups is 2. The van der Waals surface area contributed by atoms with Gasteiger partial charge in [-0.1, -0.05) is 0 Å². The number of ether oxygens (including phenoxy) is 2. The van der Waals surface area contributed by atoms with E-state index in [0.29, 0.717) is 0 Å². The minimum absolute atomic E-state index is 0.0138. The predicted octanol–water partition coefficient (Wildman–Crippen LogP) is -1.00. The topological polar surface area (TPSA) is 142 Å². The summed E-state index contributed by atoms with van der Waals surface area (Å²) in [4.78, 5) is 21.3. The zero-order chi connectivity index (χ0) is 14.4. The van der Waals surface area contributed by atoms with E-state index in [1.807, 2.05) is 0 Å². The maximum Gasteiger partial charge on any atom is 0.255 e. The van der Waals surface area contributed by atoms with Gasteiger partial charge >= 0.3 is 0 Å². The monoisotopic (exact) mass is 288 g/mol. The van der Waals surface area contributed by atoms with Crippen LogP contribution in [0.4, 0.5) is 0 Å². The number of primary amides is 2. The molecule has 1 aromatic carbocycles. The molecule has 0 fully saturated rings. The summed E-state index contributed by atoms with van der Waals surface area (Å²) in [5.41, 5.74) is 9.85. The molecule has 8 nitrogen and oxygen atoms in total. The molecule has 5 N–H and O–H groups in total. The van der Waals surface area contributed by atoms with Gasteiger partial charge in [-0.2, -0.15) is 0 Å². The lowest BCUT2D eigenvalue weighted by Gasteiger charge is -2.11. The average molecular weight is 288 g/mol. The maximum absolute atomic E-state index is 10.9. The summed E-state index contributed by atoms with van der Waals surface area (Å²) in [6.45, 7) is -0.830. The van der Waals surface area contributed by atoms with Crippen LogP contribution in [0.5, 0.6) is 11.5 Å². The molecule has 9 heteroatoms. The Balaban J connectivity index is 2.96. The van der Waals surface area contributed by atoms with Gasteiger partial charge in [-0.05, 0) is 12.1 Å². The quantitative estimate of drug-likeness (QED) is 0.549. The van der Waals surface area contributed by atoms with E-state index in [1.165, 1.54) is 18.2 Å². The molecule has 0 bridgehead atoms. The molecule has 1 aromatic rings. The largest absolute Gasteiger partial charge is 0.480 e. The Bertz CT molecular complexity index is 519. The SMILES string of the molecule is NC(=O)COc1ccc(S(=O)O)cc1OCC(N)=O. The van der Waals surface area contributed by atoms with Crippen molar-refractivity contribution in [3.63, 3.8) is 0 Å². The number of nitrogens with two attached hydrogens (primary N) is 2. The van der Waals surface area contributed by atoms with Gasteiger partial charge < -0.3 is 25.5 Å². The van der Waals surface area contributed by atoms with Crippen LogP contribution in [0, 0.1) is 0 Å². The highest BCUT2D eigenvalue weighted by molar-refractivity contribution is 7.79. The summed E-state index contributed by atoms with van der Waals surface area (Å²) in [6.07, 6.45) is 0. The van der Waals surface area contributed by atoms with Gasteiger partial charge in [0.1, 0.15) is 0 Å². The van der Waals surface area contributed by atoms with Crippen LogP contribution in [0.25, 0.3) is 0 Å². The molecule has 0 aliphatic rings. The van der Waals surface area contributed by atoms with Crippen LogP contribution < -0.4 is 20.9 Å². The lowest BCUT2D eigenvalue weighted by molar-refractivity contribution is -0.121. The van der Waals surface area contributed by atoms with Gasteiger partial charge in [-0.15, -0.1) is 0 Å². The van der Waals surface area contributed by atoms with E-state index in [2.05, 4.69) is 0 Å². The first-order valence-corrected chi connectivity index (χ1v) is 6.08. The normalized spacial score (nSPS) is 11.6. The van der Waals surface area contributed by atoms with Gasteiger partial charge in [-0.25, -0.2) is 4.21 Å². The number of carbonyl (C=O) groups excluding carboxylic acids is 2. The van der Waals surface area contributed by atoms with Crippen molar-refractivity contribution in [2.75, 3.05) is 13.2 Å². The van der Waals surface area contributed by atoms with E-state index in [-0.39, 0.29) is 16.4 Å². The van der Waals surface area contributed by atoms with Crippen molar-refractivity contribution in [3.05, 3.63) is 18.2 Å². The van der Waals surface area contributed by atoms with E-state index >= 15 is 0 Å². The Morgan fingerprint density at radius 2 is 1.63 bits per heavy atom. The molecule has 1 rings (SSSR count). The lowest BCUT2D eigenvalue weighted by atomic mass is 10.3. The molecule has 0 heterocycles. The van der Waals surface area contributed by atoms with Crippen LogP contribution >= 0.6 is 0 Å². The highest BCUT2D eigenvalue weighted by Gasteiger charge is 2.11.